The molecule has 1 amide bonds. The first-order valence-electron chi connectivity index (χ1n) is 9.51. The molecule has 0 fully saturated rings. The Hall–Kier alpha value is -4.19. The van der Waals surface area contributed by atoms with E-state index in [-0.39, 0.29) is 5.91 Å². The Labute approximate surface area is 174 Å². The lowest BCUT2D eigenvalue weighted by atomic mass is 10.2. The maximum Gasteiger partial charge on any atom is 0.251 e. The lowest BCUT2D eigenvalue weighted by molar-refractivity contribution is 0.0950. The molecule has 0 aliphatic rings. The van der Waals surface area contributed by atoms with Crippen molar-refractivity contribution in [2.75, 3.05) is 5.32 Å². The molecule has 0 saturated carbocycles. The molecule has 0 aliphatic heterocycles. The van der Waals surface area contributed by atoms with Crippen LogP contribution in [-0.2, 0) is 6.54 Å². The highest BCUT2D eigenvalue weighted by Crippen LogP contribution is 2.31. The third-order valence-corrected chi connectivity index (χ3v) is 4.30. The average molecular weight is 396 g/mol. The number of hydrogen-bond donors (Lipinski definition) is 2. The summed E-state index contributed by atoms with van der Waals surface area (Å²) in [7, 11) is 0. The number of nitrogens with one attached hydrogen (secondary N) is 2. The smallest absolute Gasteiger partial charge is 0.251 e. The second-order valence-electron chi connectivity index (χ2n) is 6.47. The number of benzene rings is 2. The molecule has 6 heteroatoms. The van der Waals surface area contributed by atoms with Crippen LogP contribution in [0.15, 0.2) is 97.3 Å². The molecule has 0 spiro atoms. The minimum atomic E-state index is -0.195. The van der Waals surface area contributed by atoms with Gasteiger partial charge in [0.05, 0.1) is 17.9 Å². The Kier molecular flexibility index (Phi) is 5.96. The topological polar surface area (TPSA) is 76.1 Å². The minimum Gasteiger partial charge on any atom is -0.455 e. The van der Waals surface area contributed by atoms with E-state index in [0.717, 1.165) is 17.1 Å². The fourth-order valence-electron chi connectivity index (χ4n) is 2.83. The van der Waals surface area contributed by atoms with Crippen LogP contribution in [0.25, 0.3) is 0 Å². The maximum absolute atomic E-state index is 12.5. The van der Waals surface area contributed by atoms with E-state index in [9.17, 15) is 4.79 Å². The highest BCUT2D eigenvalue weighted by atomic mass is 16.5. The largest absolute Gasteiger partial charge is 0.455 e. The maximum atomic E-state index is 12.5. The number of nitrogens with zero attached hydrogens (tertiary/aromatic N) is 2. The van der Waals surface area contributed by atoms with Gasteiger partial charge in [0.2, 0.25) is 0 Å². The van der Waals surface area contributed by atoms with E-state index >= 15 is 0 Å². The molecule has 2 aromatic carbocycles. The lowest BCUT2D eigenvalue weighted by Crippen LogP contribution is -2.23. The van der Waals surface area contributed by atoms with Crippen molar-refractivity contribution in [1.29, 1.82) is 0 Å². The fourth-order valence-corrected chi connectivity index (χ4v) is 2.83. The van der Waals surface area contributed by atoms with Gasteiger partial charge < -0.3 is 15.4 Å². The van der Waals surface area contributed by atoms with Crippen molar-refractivity contribution in [3.63, 3.8) is 0 Å². The number of anilines is 2. The summed E-state index contributed by atoms with van der Waals surface area (Å²) in [6, 6.07) is 26.1. The molecule has 2 aromatic heterocycles. The summed E-state index contributed by atoms with van der Waals surface area (Å²) in [5, 5.41) is 6.10. The van der Waals surface area contributed by atoms with E-state index in [0.29, 0.717) is 23.7 Å². The van der Waals surface area contributed by atoms with Crippen LogP contribution in [0.1, 0.15) is 16.1 Å². The number of rotatable bonds is 7. The monoisotopic (exact) mass is 396 g/mol. The first kappa shape index (κ1) is 19.1. The SMILES string of the molecule is O=C(NCc1ccccn1)c1ccnc(Nc2ccccc2Oc2ccccc2)c1. The van der Waals surface area contributed by atoms with Crippen LogP contribution in [-0.4, -0.2) is 15.9 Å². The van der Waals surface area contributed by atoms with Crippen LogP contribution in [0.5, 0.6) is 11.5 Å². The Bertz CT molecular complexity index is 1120. The van der Waals surface area contributed by atoms with E-state index in [4.69, 9.17) is 4.74 Å². The molecule has 0 aliphatic carbocycles. The van der Waals surface area contributed by atoms with Gasteiger partial charge in [0.1, 0.15) is 11.6 Å². The molecule has 0 radical (unpaired) electrons. The highest BCUT2D eigenvalue weighted by Gasteiger charge is 2.09. The molecular formula is C24H20N4O2. The Morgan fingerprint density at radius 2 is 1.63 bits per heavy atom. The Balaban J connectivity index is 1.46. The van der Waals surface area contributed by atoms with E-state index in [1.165, 1.54) is 0 Å². The minimum absolute atomic E-state index is 0.195. The summed E-state index contributed by atoms with van der Waals surface area (Å²) in [6.45, 7) is 0.360. The lowest BCUT2D eigenvalue weighted by Gasteiger charge is -2.13. The first-order chi connectivity index (χ1) is 14.8. The number of aromatic nitrogens is 2. The molecule has 2 heterocycles. The number of carbonyl (C=O) groups is 1. The fraction of sp³-hybridized carbons (Fsp3) is 0.0417. The zero-order valence-corrected chi connectivity index (χ0v) is 16.2. The quantitative estimate of drug-likeness (QED) is 0.463. The molecule has 4 rings (SSSR count). The van der Waals surface area contributed by atoms with E-state index in [1.54, 1.807) is 24.5 Å². The molecule has 148 valence electrons. The van der Waals surface area contributed by atoms with Crippen LogP contribution in [0.3, 0.4) is 0 Å². The molecule has 2 N–H and O–H groups in total. The number of para-hydroxylation sites is 3. The summed E-state index contributed by atoms with van der Waals surface area (Å²) in [5.41, 5.74) is 2.05. The molecule has 0 saturated heterocycles. The second-order valence-corrected chi connectivity index (χ2v) is 6.47. The second kappa shape index (κ2) is 9.34. The summed E-state index contributed by atoms with van der Waals surface area (Å²) in [6.07, 6.45) is 3.30. The van der Waals surface area contributed by atoms with Crippen molar-refractivity contribution < 1.29 is 9.53 Å². The van der Waals surface area contributed by atoms with Gasteiger partial charge >= 0.3 is 0 Å². The number of carbonyl (C=O) groups excluding carboxylic acids is 1. The number of ether oxygens (including phenoxy) is 1. The molecule has 0 unspecified atom stereocenters. The summed E-state index contributed by atoms with van der Waals surface area (Å²) in [4.78, 5) is 21.0. The zero-order valence-electron chi connectivity index (χ0n) is 16.2. The summed E-state index contributed by atoms with van der Waals surface area (Å²) in [5.74, 6) is 1.75. The predicted molar refractivity (Wildman–Crippen MR) is 116 cm³/mol. The summed E-state index contributed by atoms with van der Waals surface area (Å²) < 4.78 is 5.97. The van der Waals surface area contributed by atoms with Gasteiger partial charge in [-0.05, 0) is 48.5 Å². The number of pyridine rings is 2. The van der Waals surface area contributed by atoms with Gasteiger partial charge in [0.15, 0.2) is 5.75 Å². The average Bonchev–Trinajstić information content (AvgIpc) is 2.80. The van der Waals surface area contributed by atoms with Crippen LogP contribution < -0.4 is 15.4 Å². The third-order valence-electron chi connectivity index (χ3n) is 4.30. The van der Waals surface area contributed by atoms with Gasteiger partial charge in [-0.1, -0.05) is 36.4 Å². The van der Waals surface area contributed by atoms with Crippen molar-refractivity contribution in [1.82, 2.24) is 15.3 Å². The molecular weight excluding hydrogens is 376 g/mol. The normalized spacial score (nSPS) is 10.3. The van der Waals surface area contributed by atoms with Gasteiger partial charge in [0, 0.05) is 18.0 Å². The van der Waals surface area contributed by atoms with Crippen LogP contribution in [0.2, 0.25) is 0 Å². The van der Waals surface area contributed by atoms with Crippen molar-refractivity contribution in [2.24, 2.45) is 0 Å². The van der Waals surface area contributed by atoms with E-state index < -0.39 is 0 Å². The molecule has 0 bridgehead atoms. The van der Waals surface area contributed by atoms with Crippen LogP contribution in [0.4, 0.5) is 11.5 Å². The van der Waals surface area contributed by atoms with Crippen molar-refractivity contribution in [3.05, 3.63) is 109 Å². The summed E-state index contributed by atoms with van der Waals surface area (Å²) >= 11 is 0. The molecule has 0 atom stereocenters. The van der Waals surface area contributed by atoms with Gasteiger partial charge in [-0.15, -0.1) is 0 Å². The third kappa shape index (κ3) is 4.99. The van der Waals surface area contributed by atoms with Crippen molar-refractivity contribution in [3.8, 4) is 11.5 Å². The Morgan fingerprint density at radius 1 is 0.833 bits per heavy atom. The van der Waals surface area contributed by atoms with Gasteiger partial charge in [-0.25, -0.2) is 4.98 Å². The molecule has 4 aromatic rings. The first-order valence-corrected chi connectivity index (χ1v) is 9.51. The standard InChI is InChI=1S/C24H20N4O2/c29-24(27-17-19-8-6-7-14-25-19)18-13-15-26-23(16-18)28-21-11-4-5-12-22(21)30-20-9-2-1-3-10-20/h1-16H,17H2,(H,26,28)(H,27,29). The Morgan fingerprint density at radius 3 is 2.47 bits per heavy atom. The number of hydrogen-bond acceptors (Lipinski definition) is 5. The van der Waals surface area contributed by atoms with Crippen LogP contribution >= 0.6 is 0 Å². The van der Waals surface area contributed by atoms with E-state index in [1.807, 2.05) is 72.8 Å². The molecule has 30 heavy (non-hydrogen) atoms. The van der Waals surface area contributed by atoms with E-state index in [2.05, 4.69) is 20.6 Å². The zero-order chi connectivity index (χ0) is 20.6. The van der Waals surface area contributed by atoms with Gasteiger partial charge in [-0.3, -0.25) is 9.78 Å². The highest BCUT2D eigenvalue weighted by molar-refractivity contribution is 5.94. The van der Waals surface area contributed by atoms with Gasteiger partial charge in [0.25, 0.3) is 5.91 Å². The van der Waals surface area contributed by atoms with Crippen LogP contribution in [0, 0.1) is 0 Å². The van der Waals surface area contributed by atoms with Crippen molar-refractivity contribution in [2.45, 2.75) is 6.54 Å². The van der Waals surface area contributed by atoms with Gasteiger partial charge in [-0.2, -0.15) is 0 Å². The predicted octanol–water partition coefficient (Wildman–Crippen LogP) is 4.94. The molecule has 6 nitrogen and oxygen atoms in total. The van der Waals surface area contributed by atoms with Crippen molar-refractivity contribution >= 4 is 17.4 Å². The number of amides is 1.